The van der Waals surface area contributed by atoms with Crippen LogP contribution < -0.4 is 14.9 Å². The molecule has 0 amide bonds. The van der Waals surface area contributed by atoms with Crippen LogP contribution in [0.4, 0.5) is 0 Å². The van der Waals surface area contributed by atoms with Crippen molar-refractivity contribution in [1.82, 2.24) is 0 Å². The molecule has 24 heavy (non-hydrogen) atoms. The molecular weight excluding hydrogens is 308 g/mol. The van der Waals surface area contributed by atoms with Gasteiger partial charge in [0, 0.05) is 17.7 Å². The number of hydrogen-bond donors (Lipinski definition) is 1. The largest absolute Gasteiger partial charge is 0.504 e. The first-order chi connectivity index (χ1) is 11.7. The molecule has 0 unspecified atom stereocenters. The van der Waals surface area contributed by atoms with Crippen LogP contribution in [0.2, 0.25) is 0 Å². The highest BCUT2D eigenvalue weighted by Crippen LogP contribution is 2.42. The number of phenolic OH excluding ortho intramolecular Hbond substituents is 1. The lowest BCUT2D eigenvalue weighted by Gasteiger charge is -2.13. The predicted octanol–water partition coefficient (Wildman–Crippen LogP) is 3.96. The maximum atomic E-state index is 12.5. The lowest BCUT2D eigenvalue weighted by atomic mass is 10.1. The molecule has 0 radical (unpaired) electrons. The molecule has 3 rings (SSSR count). The summed E-state index contributed by atoms with van der Waals surface area (Å²) in [4.78, 5) is 12.5. The fourth-order valence-corrected chi connectivity index (χ4v) is 2.50. The van der Waals surface area contributed by atoms with Crippen LogP contribution in [0.1, 0.15) is 13.3 Å². The van der Waals surface area contributed by atoms with Gasteiger partial charge < -0.3 is 19.0 Å². The summed E-state index contributed by atoms with van der Waals surface area (Å²) in [5.41, 5.74) is 0.692. The van der Waals surface area contributed by atoms with Crippen molar-refractivity contribution in [3.63, 3.8) is 0 Å². The third-order valence-corrected chi connectivity index (χ3v) is 3.64. The number of rotatable bonds is 5. The predicted molar refractivity (Wildman–Crippen MR) is 91.9 cm³/mol. The average Bonchev–Trinajstić information content (AvgIpc) is 2.60. The Balaban J connectivity index is 2.23. The number of ether oxygens (including phenoxy) is 2. The number of aromatic hydroxyl groups is 1. The molecule has 0 fully saturated rings. The monoisotopic (exact) mass is 326 g/mol. The van der Waals surface area contributed by atoms with Gasteiger partial charge in [0.25, 0.3) is 0 Å². The second kappa shape index (κ2) is 6.66. The van der Waals surface area contributed by atoms with Crippen molar-refractivity contribution in [3.8, 4) is 28.6 Å². The molecule has 0 bridgehead atoms. The highest BCUT2D eigenvalue weighted by Gasteiger charge is 2.19. The number of phenols is 1. The minimum Gasteiger partial charge on any atom is -0.504 e. The normalized spacial score (nSPS) is 10.8. The van der Waals surface area contributed by atoms with Gasteiger partial charge in [0.15, 0.2) is 16.9 Å². The van der Waals surface area contributed by atoms with E-state index >= 15 is 0 Å². The molecule has 0 aliphatic carbocycles. The van der Waals surface area contributed by atoms with Gasteiger partial charge in [-0.3, -0.25) is 4.79 Å². The van der Waals surface area contributed by atoms with Gasteiger partial charge in [0.05, 0.1) is 13.7 Å². The van der Waals surface area contributed by atoms with E-state index in [4.69, 9.17) is 13.9 Å². The van der Waals surface area contributed by atoms with E-state index in [1.165, 1.54) is 13.2 Å². The van der Waals surface area contributed by atoms with E-state index in [1.54, 1.807) is 6.07 Å². The highest BCUT2D eigenvalue weighted by molar-refractivity contribution is 5.89. The van der Waals surface area contributed by atoms with Crippen LogP contribution in [-0.4, -0.2) is 18.8 Å². The van der Waals surface area contributed by atoms with Crippen LogP contribution in [0.25, 0.3) is 22.3 Å². The van der Waals surface area contributed by atoms with Crippen molar-refractivity contribution in [1.29, 1.82) is 0 Å². The fraction of sp³-hybridized carbons (Fsp3) is 0.211. The molecule has 1 heterocycles. The Morgan fingerprint density at radius 1 is 1.17 bits per heavy atom. The Labute approximate surface area is 139 Å². The lowest BCUT2D eigenvalue weighted by molar-refractivity contribution is 0.279. The lowest BCUT2D eigenvalue weighted by Crippen LogP contribution is -2.04. The molecular formula is C19H18O5. The van der Waals surface area contributed by atoms with Gasteiger partial charge in [-0.25, -0.2) is 0 Å². The van der Waals surface area contributed by atoms with Crippen LogP contribution in [-0.2, 0) is 0 Å². The molecule has 0 atom stereocenters. The first kappa shape index (κ1) is 15.9. The number of benzene rings is 2. The Kier molecular flexibility index (Phi) is 4.42. The molecule has 0 aliphatic heterocycles. The third-order valence-electron chi connectivity index (χ3n) is 3.64. The zero-order chi connectivity index (χ0) is 17.1. The second-order valence-corrected chi connectivity index (χ2v) is 5.32. The molecule has 5 heteroatoms. The van der Waals surface area contributed by atoms with E-state index in [0.29, 0.717) is 18.1 Å². The molecule has 0 saturated heterocycles. The van der Waals surface area contributed by atoms with Crippen LogP contribution in [0.15, 0.2) is 51.7 Å². The Morgan fingerprint density at radius 2 is 1.92 bits per heavy atom. The van der Waals surface area contributed by atoms with Gasteiger partial charge in [0.2, 0.25) is 5.75 Å². The van der Waals surface area contributed by atoms with E-state index < -0.39 is 0 Å². The Morgan fingerprint density at radius 3 is 2.58 bits per heavy atom. The fourth-order valence-electron chi connectivity index (χ4n) is 2.50. The van der Waals surface area contributed by atoms with Crippen LogP contribution in [0.5, 0.6) is 17.2 Å². The van der Waals surface area contributed by atoms with Gasteiger partial charge in [-0.05, 0) is 6.42 Å². The zero-order valence-corrected chi connectivity index (χ0v) is 13.5. The van der Waals surface area contributed by atoms with Crippen molar-refractivity contribution >= 4 is 11.0 Å². The molecule has 1 N–H and O–H groups in total. The molecule has 0 saturated carbocycles. The van der Waals surface area contributed by atoms with Gasteiger partial charge >= 0.3 is 0 Å². The first-order valence-electron chi connectivity index (χ1n) is 7.71. The first-order valence-corrected chi connectivity index (χ1v) is 7.71. The second-order valence-electron chi connectivity index (χ2n) is 5.32. The Bertz CT molecular complexity index is 912. The minimum absolute atomic E-state index is 0.0848. The summed E-state index contributed by atoms with van der Waals surface area (Å²) in [6.45, 7) is 2.36. The number of methoxy groups -OCH3 is 1. The number of hydrogen-bond acceptors (Lipinski definition) is 5. The van der Waals surface area contributed by atoms with Crippen molar-refractivity contribution in [2.45, 2.75) is 13.3 Å². The zero-order valence-electron chi connectivity index (χ0n) is 13.5. The summed E-state index contributed by atoms with van der Waals surface area (Å²) in [5.74, 6) is 0.649. The topological polar surface area (TPSA) is 68.9 Å². The average molecular weight is 326 g/mol. The smallest absolute Gasteiger partial charge is 0.204 e. The van der Waals surface area contributed by atoms with Gasteiger partial charge in [-0.2, -0.15) is 0 Å². The molecule has 2 aromatic carbocycles. The summed E-state index contributed by atoms with van der Waals surface area (Å²) >= 11 is 0. The third kappa shape index (κ3) is 2.80. The van der Waals surface area contributed by atoms with Gasteiger partial charge in [-0.15, -0.1) is 0 Å². The summed E-state index contributed by atoms with van der Waals surface area (Å²) in [5, 5.41) is 10.6. The van der Waals surface area contributed by atoms with Crippen LogP contribution in [0.3, 0.4) is 0 Å². The van der Waals surface area contributed by atoms with E-state index in [9.17, 15) is 9.90 Å². The molecule has 0 spiro atoms. The molecule has 3 aromatic rings. The van der Waals surface area contributed by atoms with Crippen molar-refractivity contribution in [2.24, 2.45) is 0 Å². The summed E-state index contributed by atoms with van der Waals surface area (Å²) in [6.07, 6.45) is 0.766. The van der Waals surface area contributed by atoms with E-state index in [2.05, 4.69) is 0 Å². The quantitative estimate of drug-likeness (QED) is 0.768. The summed E-state index contributed by atoms with van der Waals surface area (Å²) in [7, 11) is 1.47. The van der Waals surface area contributed by atoms with Crippen molar-refractivity contribution in [3.05, 3.63) is 52.7 Å². The van der Waals surface area contributed by atoms with E-state index in [-0.39, 0.29) is 27.9 Å². The SMILES string of the molecule is CCCOc1c(OC)cc2oc(-c3ccccc3)cc(=O)c2c1O. The van der Waals surface area contributed by atoms with Crippen molar-refractivity contribution in [2.75, 3.05) is 13.7 Å². The van der Waals surface area contributed by atoms with Crippen LogP contribution in [0, 0.1) is 0 Å². The molecule has 1 aromatic heterocycles. The molecule has 0 aliphatic rings. The standard InChI is InChI=1S/C19H18O5/c1-3-9-23-19-16(22-2)11-15-17(18(19)21)13(20)10-14(24-15)12-7-5-4-6-8-12/h4-8,10-11,21H,3,9H2,1-2H3. The van der Waals surface area contributed by atoms with E-state index in [0.717, 1.165) is 12.0 Å². The maximum Gasteiger partial charge on any atom is 0.204 e. The summed E-state index contributed by atoms with van der Waals surface area (Å²) < 4.78 is 16.6. The Hall–Kier alpha value is -2.95. The van der Waals surface area contributed by atoms with Gasteiger partial charge in [-0.1, -0.05) is 37.3 Å². The van der Waals surface area contributed by atoms with Crippen molar-refractivity contribution < 1.29 is 19.0 Å². The van der Waals surface area contributed by atoms with Gasteiger partial charge in [0.1, 0.15) is 16.7 Å². The molecule has 124 valence electrons. The molecule has 5 nitrogen and oxygen atoms in total. The minimum atomic E-state index is -0.336. The maximum absolute atomic E-state index is 12.5. The highest BCUT2D eigenvalue weighted by atomic mass is 16.5. The van der Waals surface area contributed by atoms with Crippen LogP contribution >= 0.6 is 0 Å². The number of fused-ring (bicyclic) bond motifs is 1. The van der Waals surface area contributed by atoms with E-state index in [1.807, 2.05) is 37.3 Å². The summed E-state index contributed by atoms with van der Waals surface area (Å²) in [6, 6.07) is 12.2.